The molecule has 0 radical (unpaired) electrons. The van der Waals surface area contributed by atoms with Crippen LogP contribution in [0.15, 0.2) is 36.7 Å². The van der Waals surface area contributed by atoms with E-state index in [-0.39, 0.29) is 5.91 Å². The van der Waals surface area contributed by atoms with Crippen molar-refractivity contribution in [3.05, 3.63) is 53.5 Å². The van der Waals surface area contributed by atoms with Crippen LogP contribution in [0.1, 0.15) is 21.6 Å². The second-order valence-corrected chi connectivity index (χ2v) is 4.49. The molecule has 0 aliphatic carbocycles. The number of hydrogen-bond acceptors (Lipinski definition) is 4. The summed E-state index contributed by atoms with van der Waals surface area (Å²) < 4.78 is 0. The fraction of sp³-hybridized carbons (Fsp3) is 0.267. The van der Waals surface area contributed by atoms with E-state index in [1.54, 1.807) is 31.6 Å². The smallest absolute Gasteiger partial charge is 0.251 e. The number of rotatable bonds is 5. The minimum Gasteiger partial charge on any atom is -0.373 e. The van der Waals surface area contributed by atoms with E-state index < -0.39 is 0 Å². The number of pyridine rings is 2. The van der Waals surface area contributed by atoms with Gasteiger partial charge in [-0.3, -0.25) is 9.78 Å². The third kappa shape index (κ3) is 3.78. The molecule has 0 bridgehead atoms. The molecule has 5 heteroatoms. The third-order valence-electron chi connectivity index (χ3n) is 2.92. The molecule has 0 fully saturated rings. The maximum atomic E-state index is 12.1. The number of amides is 1. The van der Waals surface area contributed by atoms with Crippen LogP contribution >= 0.6 is 0 Å². The summed E-state index contributed by atoms with van der Waals surface area (Å²) in [6.07, 6.45) is 4.29. The monoisotopic (exact) mass is 270 g/mol. The van der Waals surface area contributed by atoms with Crippen molar-refractivity contribution in [3.8, 4) is 0 Å². The first-order valence-corrected chi connectivity index (χ1v) is 6.52. The molecule has 20 heavy (non-hydrogen) atoms. The predicted octanol–water partition coefficient (Wildman–Crippen LogP) is 1.80. The molecule has 0 saturated carbocycles. The summed E-state index contributed by atoms with van der Waals surface area (Å²) >= 11 is 0. The summed E-state index contributed by atoms with van der Waals surface area (Å²) in [6.45, 7) is 2.47. The lowest BCUT2D eigenvalue weighted by atomic mass is 10.2. The first kappa shape index (κ1) is 14.0. The van der Waals surface area contributed by atoms with Gasteiger partial charge in [0.05, 0.1) is 0 Å². The van der Waals surface area contributed by atoms with Crippen molar-refractivity contribution >= 4 is 11.7 Å². The molecular formula is C15H18N4O. The second-order valence-electron chi connectivity index (χ2n) is 4.49. The number of carbonyl (C=O) groups is 1. The van der Waals surface area contributed by atoms with Crippen molar-refractivity contribution in [2.75, 3.05) is 18.9 Å². The molecule has 2 aromatic heterocycles. The van der Waals surface area contributed by atoms with Crippen LogP contribution < -0.4 is 10.6 Å². The van der Waals surface area contributed by atoms with Gasteiger partial charge in [0.15, 0.2) is 0 Å². The van der Waals surface area contributed by atoms with E-state index in [1.165, 1.54) is 0 Å². The zero-order valence-corrected chi connectivity index (χ0v) is 11.7. The Balaban J connectivity index is 1.93. The Kier molecular flexibility index (Phi) is 4.65. The predicted molar refractivity (Wildman–Crippen MR) is 78.8 cm³/mol. The average Bonchev–Trinajstić information content (AvgIpc) is 2.47. The van der Waals surface area contributed by atoms with Crippen molar-refractivity contribution in [1.29, 1.82) is 0 Å². The number of hydrogen-bond donors (Lipinski definition) is 2. The zero-order chi connectivity index (χ0) is 14.4. The normalized spacial score (nSPS) is 10.1. The molecule has 0 aromatic carbocycles. The SMILES string of the molecule is CNc1cc(C(=O)NCCc2ccncc2)cc(C)n1. The highest BCUT2D eigenvalue weighted by Crippen LogP contribution is 2.09. The lowest BCUT2D eigenvalue weighted by Gasteiger charge is -2.08. The van der Waals surface area contributed by atoms with Crippen LogP contribution in [0.3, 0.4) is 0 Å². The molecular weight excluding hydrogens is 252 g/mol. The number of carbonyl (C=O) groups excluding carboxylic acids is 1. The van der Waals surface area contributed by atoms with E-state index >= 15 is 0 Å². The number of aromatic nitrogens is 2. The molecule has 0 saturated heterocycles. The Morgan fingerprint density at radius 2 is 2.00 bits per heavy atom. The summed E-state index contributed by atoms with van der Waals surface area (Å²) in [6, 6.07) is 7.42. The minimum atomic E-state index is -0.0824. The number of nitrogens with zero attached hydrogens (tertiary/aromatic N) is 2. The highest BCUT2D eigenvalue weighted by atomic mass is 16.1. The van der Waals surface area contributed by atoms with Gasteiger partial charge < -0.3 is 10.6 Å². The summed E-state index contributed by atoms with van der Waals surface area (Å²) in [5.74, 6) is 0.616. The quantitative estimate of drug-likeness (QED) is 0.869. The van der Waals surface area contributed by atoms with Crippen molar-refractivity contribution in [2.24, 2.45) is 0 Å². The van der Waals surface area contributed by atoms with E-state index in [0.717, 1.165) is 17.7 Å². The first-order valence-electron chi connectivity index (χ1n) is 6.52. The fourth-order valence-corrected chi connectivity index (χ4v) is 1.90. The van der Waals surface area contributed by atoms with Crippen LogP contribution in [-0.4, -0.2) is 29.5 Å². The van der Waals surface area contributed by atoms with Gasteiger partial charge in [0.2, 0.25) is 0 Å². The molecule has 2 N–H and O–H groups in total. The van der Waals surface area contributed by atoms with E-state index in [4.69, 9.17) is 0 Å². The van der Waals surface area contributed by atoms with E-state index in [0.29, 0.717) is 17.9 Å². The van der Waals surface area contributed by atoms with Crippen molar-refractivity contribution in [2.45, 2.75) is 13.3 Å². The number of nitrogens with one attached hydrogen (secondary N) is 2. The third-order valence-corrected chi connectivity index (χ3v) is 2.92. The Hall–Kier alpha value is -2.43. The summed E-state index contributed by atoms with van der Waals surface area (Å²) in [5.41, 5.74) is 2.59. The highest BCUT2D eigenvalue weighted by molar-refractivity contribution is 5.94. The number of aryl methyl sites for hydroxylation is 1. The van der Waals surface area contributed by atoms with Crippen LogP contribution in [0.2, 0.25) is 0 Å². The Bertz CT molecular complexity index is 584. The van der Waals surface area contributed by atoms with Gasteiger partial charge in [-0.25, -0.2) is 4.98 Å². The lowest BCUT2D eigenvalue weighted by molar-refractivity contribution is 0.0954. The van der Waals surface area contributed by atoms with Crippen molar-refractivity contribution in [3.63, 3.8) is 0 Å². The second kappa shape index (κ2) is 6.65. The lowest BCUT2D eigenvalue weighted by Crippen LogP contribution is -2.26. The largest absolute Gasteiger partial charge is 0.373 e. The van der Waals surface area contributed by atoms with Gasteiger partial charge in [0.1, 0.15) is 5.82 Å². The zero-order valence-electron chi connectivity index (χ0n) is 11.7. The molecule has 104 valence electrons. The Morgan fingerprint density at radius 3 is 2.70 bits per heavy atom. The van der Waals surface area contributed by atoms with Crippen LogP contribution in [-0.2, 0) is 6.42 Å². The summed E-state index contributed by atoms with van der Waals surface area (Å²) in [4.78, 5) is 20.3. The molecule has 2 heterocycles. The van der Waals surface area contributed by atoms with Gasteiger partial charge in [-0.1, -0.05) is 0 Å². The van der Waals surface area contributed by atoms with Gasteiger partial charge in [-0.05, 0) is 43.2 Å². The summed E-state index contributed by atoms with van der Waals surface area (Å²) in [5, 5.41) is 5.86. The molecule has 2 rings (SSSR count). The van der Waals surface area contributed by atoms with Gasteiger partial charge in [-0.2, -0.15) is 0 Å². The Morgan fingerprint density at radius 1 is 1.25 bits per heavy atom. The van der Waals surface area contributed by atoms with Gasteiger partial charge in [0, 0.05) is 37.2 Å². The van der Waals surface area contributed by atoms with Crippen LogP contribution in [0.5, 0.6) is 0 Å². The molecule has 0 atom stereocenters. The van der Waals surface area contributed by atoms with Gasteiger partial charge in [0.25, 0.3) is 5.91 Å². The molecule has 5 nitrogen and oxygen atoms in total. The first-order chi connectivity index (χ1) is 9.69. The van der Waals surface area contributed by atoms with E-state index in [2.05, 4.69) is 20.6 Å². The molecule has 0 unspecified atom stereocenters. The molecule has 0 spiro atoms. The standard InChI is InChI=1S/C15H18N4O/c1-11-9-13(10-14(16-2)19-11)15(20)18-8-5-12-3-6-17-7-4-12/h3-4,6-7,9-10H,5,8H2,1-2H3,(H,16,19)(H,18,20). The van der Waals surface area contributed by atoms with E-state index in [9.17, 15) is 4.79 Å². The topological polar surface area (TPSA) is 66.9 Å². The van der Waals surface area contributed by atoms with E-state index in [1.807, 2.05) is 19.1 Å². The average molecular weight is 270 g/mol. The maximum Gasteiger partial charge on any atom is 0.251 e. The van der Waals surface area contributed by atoms with Crippen LogP contribution in [0.25, 0.3) is 0 Å². The molecule has 0 aliphatic rings. The maximum absolute atomic E-state index is 12.1. The number of anilines is 1. The van der Waals surface area contributed by atoms with Crippen molar-refractivity contribution in [1.82, 2.24) is 15.3 Å². The van der Waals surface area contributed by atoms with Crippen molar-refractivity contribution < 1.29 is 4.79 Å². The summed E-state index contributed by atoms with van der Waals surface area (Å²) in [7, 11) is 1.78. The molecule has 1 amide bonds. The van der Waals surface area contributed by atoms with Crippen LogP contribution in [0.4, 0.5) is 5.82 Å². The minimum absolute atomic E-state index is 0.0824. The van der Waals surface area contributed by atoms with Gasteiger partial charge in [-0.15, -0.1) is 0 Å². The fourth-order valence-electron chi connectivity index (χ4n) is 1.90. The van der Waals surface area contributed by atoms with Crippen LogP contribution in [0, 0.1) is 6.92 Å². The molecule has 0 aliphatic heterocycles. The Labute approximate surface area is 118 Å². The molecule has 2 aromatic rings. The van der Waals surface area contributed by atoms with Gasteiger partial charge >= 0.3 is 0 Å². The highest BCUT2D eigenvalue weighted by Gasteiger charge is 2.07.